The number of hydrogen-bond donors (Lipinski definition) is 3. The molecule has 1 aromatic heterocycles. The lowest BCUT2D eigenvalue weighted by atomic mass is 9.43. The van der Waals surface area contributed by atoms with Crippen molar-refractivity contribution in [2.75, 3.05) is 6.54 Å². The van der Waals surface area contributed by atoms with Gasteiger partial charge in [0.25, 0.3) is 5.91 Å². The van der Waals surface area contributed by atoms with Crippen LogP contribution in [0.15, 0.2) is 48.9 Å². The fourth-order valence-corrected chi connectivity index (χ4v) is 9.01. The van der Waals surface area contributed by atoms with Crippen LogP contribution < -0.4 is 16.0 Å². The summed E-state index contributed by atoms with van der Waals surface area (Å²) >= 11 is 0. The maximum atomic E-state index is 14.5. The highest BCUT2D eigenvalue weighted by molar-refractivity contribution is 6.47. The largest absolute Gasteiger partial charge is 0.481 e. The molecule has 4 amide bonds. The molecule has 4 unspecified atom stereocenters. The van der Waals surface area contributed by atoms with Crippen molar-refractivity contribution >= 4 is 30.7 Å². The van der Waals surface area contributed by atoms with Crippen molar-refractivity contribution in [2.24, 2.45) is 29.1 Å². The number of benzene rings is 1. The molecule has 3 saturated carbocycles. The number of carbonyl (C=O) groups excluding carboxylic acids is 4. The first-order chi connectivity index (χ1) is 25.6. The summed E-state index contributed by atoms with van der Waals surface area (Å²) in [5.41, 5.74) is 0.828. The third kappa shape index (κ3) is 7.93. The van der Waals surface area contributed by atoms with Gasteiger partial charge in [-0.3, -0.25) is 24.2 Å². The van der Waals surface area contributed by atoms with E-state index in [-0.39, 0.29) is 47.9 Å². The lowest BCUT2D eigenvalue weighted by Gasteiger charge is -2.64. The summed E-state index contributed by atoms with van der Waals surface area (Å²) in [4.78, 5) is 65.1. The monoisotopic (exact) mass is 744 g/mol. The molecular weight excluding hydrogens is 687 g/mol. The van der Waals surface area contributed by atoms with E-state index >= 15 is 0 Å². The second kappa shape index (κ2) is 16.1. The Morgan fingerprint density at radius 2 is 1.69 bits per heavy atom. The van der Waals surface area contributed by atoms with Gasteiger partial charge >= 0.3 is 7.12 Å². The second-order valence-electron chi connectivity index (χ2n) is 17.0. The quantitative estimate of drug-likeness (QED) is 0.245. The van der Waals surface area contributed by atoms with Gasteiger partial charge < -0.3 is 34.9 Å². The van der Waals surface area contributed by atoms with E-state index in [4.69, 9.17) is 14.0 Å². The smallest absolute Gasteiger partial charge is 0.404 e. The lowest BCUT2D eigenvalue weighted by molar-refractivity contribution is -0.199. The third-order valence-corrected chi connectivity index (χ3v) is 12.5. The Bertz CT molecular complexity index is 1660. The molecule has 2 aliphatic heterocycles. The predicted molar refractivity (Wildman–Crippen MR) is 202 cm³/mol. The highest BCUT2D eigenvalue weighted by atomic mass is 16.7. The second-order valence-corrected chi connectivity index (χ2v) is 17.0. The summed E-state index contributed by atoms with van der Waals surface area (Å²) < 4.78 is 19.6. The van der Waals surface area contributed by atoms with Crippen molar-refractivity contribution in [3.8, 4) is 0 Å². The van der Waals surface area contributed by atoms with E-state index in [9.17, 15) is 19.2 Å². The van der Waals surface area contributed by atoms with Gasteiger partial charge in [-0.2, -0.15) is 0 Å². The van der Waals surface area contributed by atoms with Crippen LogP contribution in [0.3, 0.4) is 0 Å². The average Bonchev–Trinajstić information content (AvgIpc) is 3.75. The zero-order valence-corrected chi connectivity index (χ0v) is 32.9. The molecule has 3 aliphatic carbocycles. The molecule has 292 valence electrons. The van der Waals surface area contributed by atoms with Gasteiger partial charge in [-0.25, -0.2) is 4.98 Å². The molecule has 9 atom stereocenters. The van der Waals surface area contributed by atoms with Gasteiger partial charge in [-0.05, 0) is 60.8 Å². The molecule has 14 heteroatoms. The van der Waals surface area contributed by atoms with Crippen LogP contribution >= 0.6 is 0 Å². The van der Waals surface area contributed by atoms with Crippen LogP contribution in [-0.4, -0.2) is 94.0 Å². The molecule has 54 heavy (non-hydrogen) atoms. The summed E-state index contributed by atoms with van der Waals surface area (Å²) in [6.07, 6.45) is 6.67. The molecule has 13 nitrogen and oxygen atoms in total. The van der Waals surface area contributed by atoms with Crippen molar-refractivity contribution in [1.82, 2.24) is 30.8 Å². The molecule has 3 heterocycles. The number of hydrogen-bond acceptors (Lipinski definition) is 9. The van der Waals surface area contributed by atoms with Gasteiger partial charge in [-0.15, -0.1) is 0 Å². The Labute approximate surface area is 319 Å². The van der Waals surface area contributed by atoms with Crippen LogP contribution in [0, 0.1) is 29.1 Å². The maximum absolute atomic E-state index is 14.5. The Balaban J connectivity index is 1.18. The van der Waals surface area contributed by atoms with Crippen LogP contribution in [0.2, 0.25) is 0 Å². The molecule has 5 fully saturated rings. The zero-order valence-electron chi connectivity index (χ0n) is 32.9. The Kier molecular flexibility index (Phi) is 11.9. The van der Waals surface area contributed by atoms with Gasteiger partial charge in [0.05, 0.1) is 36.6 Å². The van der Waals surface area contributed by atoms with E-state index < -0.39 is 60.6 Å². The summed E-state index contributed by atoms with van der Waals surface area (Å²) in [7, 11) is -0.604. The third-order valence-electron chi connectivity index (χ3n) is 12.5. The van der Waals surface area contributed by atoms with Crippen LogP contribution in [0.25, 0.3) is 0 Å². The van der Waals surface area contributed by atoms with Crippen molar-refractivity contribution < 1.29 is 33.2 Å². The van der Waals surface area contributed by atoms with Crippen LogP contribution in [0.1, 0.15) is 97.1 Å². The minimum Gasteiger partial charge on any atom is -0.404 e. The zero-order chi connectivity index (χ0) is 38.9. The van der Waals surface area contributed by atoms with Crippen LogP contribution in [0.4, 0.5) is 0 Å². The standard InChI is InChI=1S/C40H57BN6O7/c1-9-32(41-53-31-18-26-17-30(39(26,6)7)40(31,8)54-41)44-36(49)29-19-27(52-22-25-13-11-10-12-14-25)21-47(29)38(51)34(24(4)5)46-37(50)33(23(2)3)45-35(48)28-20-42-15-16-43-28/h10-16,20,23-24,26-27,29-34H,9,17-19,21-22H2,1-8H3,(H,44,49)(H,45,48)(H,46,50)/t26?,27-,29+,30?,31?,32+,33+,34+,40?/m1/s1. The fraction of sp³-hybridized carbons (Fsp3) is 0.650. The topological polar surface area (TPSA) is 161 Å². The molecule has 0 spiro atoms. The van der Waals surface area contributed by atoms with E-state index in [0.29, 0.717) is 24.9 Å². The first-order valence-corrected chi connectivity index (χ1v) is 19.6. The van der Waals surface area contributed by atoms with Gasteiger partial charge in [0.15, 0.2) is 0 Å². The number of likely N-dealkylation sites (tertiary alicyclic amines) is 1. The van der Waals surface area contributed by atoms with Crippen molar-refractivity contribution in [1.29, 1.82) is 0 Å². The highest BCUT2D eigenvalue weighted by Gasteiger charge is 2.68. The fourth-order valence-electron chi connectivity index (χ4n) is 9.01. The van der Waals surface area contributed by atoms with Crippen molar-refractivity contribution in [3.63, 3.8) is 0 Å². The minimum absolute atomic E-state index is 0.0268. The minimum atomic E-state index is -0.975. The molecule has 5 aliphatic rings. The number of rotatable bonds is 14. The van der Waals surface area contributed by atoms with Gasteiger partial charge in [0.1, 0.15) is 23.8 Å². The number of aromatic nitrogens is 2. The Hall–Kier alpha value is -3.88. The van der Waals surface area contributed by atoms with Gasteiger partial charge in [-0.1, -0.05) is 78.8 Å². The first kappa shape index (κ1) is 39.8. The van der Waals surface area contributed by atoms with Crippen LogP contribution in [0.5, 0.6) is 0 Å². The van der Waals surface area contributed by atoms with Crippen molar-refractivity contribution in [3.05, 3.63) is 60.2 Å². The SMILES string of the molecule is CC[C@H](NC(=O)[C@@H]1C[C@@H](OCc2ccccc2)CN1C(=O)[C@@H](NC(=O)[C@@H](NC(=O)c1cnccn1)C(C)C)C(C)C)B1OC2CC3CC(C3(C)C)C2(C)O1. The summed E-state index contributed by atoms with van der Waals surface area (Å²) in [6.45, 7) is 16.6. The van der Waals surface area contributed by atoms with E-state index in [0.717, 1.165) is 18.4 Å². The molecule has 0 radical (unpaired) electrons. The number of carbonyl (C=O) groups is 4. The van der Waals surface area contributed by atoms with E-state index in [1.165, 1.54) is 18.6 Å². The summed E-state index contributed by atoms with van der Waals surface area (Å²) in [6, 6.07) is 6.97. The predicted octanol–water partition coefficient (Wildman–Crippen LogP) is 3.72. The molecule has 3 N–H and O–H groups in total. The highest BCUT2D eigenvalue weighted by Crippen LogP contribution is 2.65. The molecule has 2 bridgehead atoms. The van der Waals surface area contributed by atoms with E-state index in [1.807, 2.05) is 65.0 Å². The number of amides is 4. The Morgan fingerprint density at radius 3 is 2.31 bits per heavy atom. The number of ether oxygens (including phenoxy) is 1. The first-order valence-electron chi connectivity index (χ1n) is 19.6. The molecular formula is C40H57BN6O7. The molecule has 1 aromatic carbocycles. The number of nitrogens with zero attached hydrogens (tertiary/aromatic N) is 3. The summed E-state index contributed by atoms with van der Waals surface area (Å²) in [5, 5.41) is 8.87. The van der Waals surface area contributed by atoms with Crippen molar-refractivity contribution in [2.45, 2.75) is 130 Å². The van der Waals surface area contributed by atoms with Gasteiger partial charge in [0, 0.05) is 25.4 Å². The van der Waals surface area contributed by atoms with Gasteiger partial charge in [0.2, 0.25) is 17.7 Å². The molecule has 2 saturated heterocycles. The van der Waals surface area contributed by atoms with E-state index in [2.05, 4.69) is 46.7 Å². The average molecular weight is 745 g/mol. The lowest BCUT2D eigenvalue weighted by Crippen LogP contribution is -2.65. The maximum Gasteiger partial charge on any atom is 0.481 e. The summed E-state index contributed by atoms with van der Waals surface area (Å²) in [5.74, 6) is -1.84. The Morgan fingerprint density at radius 1 is 0.963 bits per heavy atom. The van der Waals surface area contributed by atoms with E-state index in [1.54, 1.807) is 4.90 Å². The van der Waals surface area contributed by atoms with Crippen LogP contribution in [-0.2, 0) is 35.0 Å². The molecule has 7 rings (SSSR count). The molecule has 2 aromatic rings. The normalized spacial score (nSPS) is 28.5. The number of nitrogens with one attached hydrogen (secondary N) is 3.